The summed E-state index contributed by atoms with van der Waals surface area (Å²) in [6.07, 6.45) is 0. The highest BCUT2D eigenvalue weighted by atomic mass is 35.5. The molecule has 0 aromatic heterocycles. The molecule has 1 N–H and O–H groups in total. The van der Waals surface area contributed by atoms with Gasteiger partial charge in [-0.3, -0.25) is 14.9 Å². The van der Waals surface area contributed by atoms with Crippen molar-refractivity contribution in [2.75, 3.05) is 11.9 Å². The van der Waals surface area contributed by atoms with Gasteiger partial charge in [0.25, 0.3) is 5.91 Å². The molecule has 0 spiro atoms. The van der Waals surface area contributed by atoms with E-state index in [0.29, 0.717) is 0 Å². The van der Waals surface area contributed by atoms with Gasteiger partial charge in [-0.2, -0.15) is 4.39 Å². The van der Waals surface area contributed by atoms with Crippen molar-refractivity contribution in [2.45, 2.75) is 0 Å². The maximum absolute atomic E-state index is 13.4. The van der Waals surface area contributed by atoms with Crippen molar-refractivity contribution in [3.8, 4) is 5.75 Å². The average Bonchev–Trinajstić information content (AvgIpc) is 2.48. The van der Waals surface area contributed by atoms with Crippen LogP contribution in [-0.2, 0) is 4.79 Å². The number of nitro groups is 1. The lowest BCUT2D eigenvalue weighted by Gasteiger charge is -2.08. The summed E-state index contributed by atoms with van der Waals surface area (Å²) < 4.78 is 31.4. The van der Waals surface area contributed by atoms with E-state index in [4.69, 9.17) is 16.3 Å². The zero-order chi connectivity index (χ0) is 17.0. The van der Waals surface area contributed by atoms with Crippen molar-refractivity contribution >= 4 is 28.9 Å². The Morgan fingerprint density at radius 3 is 2.57 bits per heavy atom. The Kier molecular flexibility index (Phi) is 5.07. The molecule has 2 aromatic carbocycles. The number of nitrogens with zero attached hydrogens (tertiary/aromatic N) is 1. The molecule has 2 aromatic rings. The van der Waals surface area contributed by atoms with Crippen LogP contribution in [0.25, 0.3) is 0 Å². The molecule has 1 amide bonds. The molecule has 0 heterocycles. The van der Waals surface area contributed by atoms with Crippen molar-refractivity contribution in [2.24, 2.45) is 0 Å². The fourth-order valence-corrected chi connectivity index (χ4v) is 1.83. The molecule has 0 bridgehead atoms. The number of ether oxygens (including phenoxy) is 1. The third-order valence-corrected chi connectivity index (χ3v) is 2.98. The SMILES string of the molecule is O=C(COc1ccc([N+](=O)[O-])c(F)c1)Nc1ccc(F)c(Cl)c1. The first kappa shape index (κ1) is 16.6. The number of nitrogens with one attached hydrogen (secondary N) is 1. The van der Waals surface area contributed by atoms with Gasteiger partial charge in [0.2, 0.25) is 5.82 Å². The van der Waals surface area contributed by atoms with Gasteiger partial charge in [-0.25, -0.2) is 4.39 Å². The summed E-state index contributed by atoms with van der Waals surface area (Å²) in [7, 11) is 0. The minimum absolute atomic E-state index is 0.0413. The van der Waals surface area contributed by atoms with Gasteiger partial charge in [-0.15, -0.1) is 0 Å². The Morgan fingerprint density at radius 1 is 1.22 bits per heavy atom. The van der Waals surface area contributed by atoms with Crippen LogP contribution in [0.5, 0.6) is 5.75 Å². The fourth-order valence-electron chi connectivity index (χ4n) is 1.65. The van der Waals surface area contributed by atoms with Crippen molar-refractivity contribution in [3.63, 3.8) is 0 Å². The van der Waals surface area contributed by atoms with Crippen LogP contribution in [0.4, 0.5) is 20.2 Å². The van der Waals surface area contributed by atoms with E-state index in [1.54, 1.807) is 0 Å². The van der Waals surface area contributed by atoms with Crippen LogP contribution in [0.1, 0.15) is 0 Å². The molecule has 0 aliphatic carbocycles. The van der Waals surface area contributed by atoms with Crippen LogP contribution < -0.4 is 10.1 Å². The number of carbonyl (C=O) groups excluding carboxylic acids is 1. The maximum atomic E-state index is 13.4. The summed E-state index contributed by atoms with van der Waals surface area (Å²) in [4.78, 5) is 21.3. The van der Waals surface area contributed by atoms with E-state index >= 15 is 0 Å². The molecule has 0 fully saturated rings. The molecule has 0 aliphatic heterocycles. The van der Waals surface area contributed by atoms with Crippen molar-refractivity contribution in [1.82, 2.24) is 0 Å². The number of nitro benzene ring substituents is 1. The highest BCUT2D eigenvalue weighted by Gasteiger charge is 2.15. The average molecular weight is 343 g/mol. The van der Waals surface area contributed by atoms with Crippen molar-refractivity contribution in [1.29, 1.82) is 0 Å². The van der Waals surface area contributed by atoms with Gasteiger partial charge in [0.1, 0.15) is 11.6 Å². The summed E-state index contributed by atoms with van der Waals surface area (Å²) in [6, 6.07) is 6.53. The van der Waals surface area contributed by atoms with Crippen LogP contribution >= 0.6 is 11.6 Å². The Bertz CT molecular complexity index is 770. The number of anilines is 1. The monoisotopic (exact) mass is 342 g/mol. The highest BCUT2D eigenvalue weighted by Crippen LogP contribution is 2.22. The second-order valence-corrected chi connectivity index (χ2v) is 4.74. The summed E-state index contributed by atoms with van der Waals surface area (Å²) in [5.41, 5.74) is -0.428. The lowest BCUT2D eigenvalue weighted by atomic mass is 10.3. The van der Waals surface area contributed by atoms with E-state index in [0.717, 1.165) is 18.2 Å². The first-order valence-corrected chi connectivity index (χ1v) is 6.56. The minimum atomic E-state index is -1.07. The third kappa shape index (κ3) is 4.36. The fraction of sp³-hybridized carbons (Fsp3) is 0.0714. The number of rotatable bonds is 5. The van der Waals surface area contributed by atoms with Gasteiger partial charge in [0, 0.05) is 17.8 Å². The summed E-state index contributed by atoms with van der Waals surface area (Å²) in [5, 5.41) is 12.7. The van der Waals surface area contributed by atoms with E-state index in [-0.39, 0.29) is 16.5 Å². The molecule has 6 nitrogen and oxygen atoms in total. The molecule has 2 rings (SSSR count). The number of amides is 1. The Morgan fingerprint density at radius 2 is 1.96 bits per heavy atom. The Hall–Kier alpha value is -2.74. The van der Waals surface area contributed by atoms with Crippen molar-refractivity contribution < 1.29 is 23.2 Å². The molecular weight excluding hydrogens is 334 g/mol. The number of benzene rings is 2. The number of halogens is 3. The minimum Gasteiger partial charge on any atom is -0.484 e. The molecule has 0 saturated carbocycles. The van der Waals surface area contributed by atoms with E-state index in [2.05, 4.69) is 5.32 Å². The first-order chi connectivity index (χ1) is 10.9. The van der Waals surface area contributed by atoms with Gasteiger partial charge in [-0.05, 0) is 24.3 Å². The zero-order valence-electron chi connectivity index (χ0n) is 11.4. The van der Waals surface area contributed by atoms with E-state index < -0.39 is 34.8 Å². The molecule has 9 heteroatoms. The third-order valence-electron chi connectivity index (χ3n) is 2.69. The smallest absolute Gasteiger partial charge is 0.305 e. The largest absolute Gasteiger partial charge is 0.484 e. The summed E-state index contributed by atoms with van der Waals surface area (Å²) >= 11 is 5.57. The quantitative estimate of drug-likeness (QED) is 0.665. The zero-order valence-corrected chi connectivity index (χ0v) is 12.1. The molecule has 0 aliphatic rings. The predicted molar refractivity (Wildman–Crippen MR) is 78.6 cm³/mol. The molecule has 120 valence electrons. The second kappa shape index (κ2) is 7.01. The van der Waals surface area contributed by atoms with Gasteiger partial charge >= 0.3 is 5.69 Å². The van der Waals surface area contributed by atoms with Gasteiger partial charge in [-0.1, -0.05) is 11.6 Å². The highest BCUT2D eigenvalue weighted by molar-refractivity contribution is 6.31. The standard InChI is InChI=1S/C14H9ClF2N2O4/c15-10-5-8(1-3-11(10)16)18-14(20)7-23-9-2-4-13(19(21)22)12(17)6-9/h1-6H,7H2,(H,18,20). The molecule has 0 unspecified atom stereocenters. The van der Waals surface area contributed by atoms with Crippen LogP contribution in [0.15, 0.2) is 36.4 Å². The molecule has 0 saturated heterocycles. The molecule has 0 radical (unpaired) electrons. The van der Waals surface area contributed by atoms with Crippen LogP contribution in [0.2, 0.25) is 5.02 Å². The molecule has 23 heavy (non-hydrogen) atoms. The van der Waals surface area contributed by atoms with Gasteiger partial charge in [0.15, 0.2) is 6.61 Å². The van der Waals surface area contributed by atoms with Gasteiger partial charge < -0.3 is 10.1 Å². The van der Waals surface area contributed by atoms with Crippen LogP contribution in [0, 0.1) is 21.7 Å². The van der Waals surface area contributed by atoms with Crippen molar-refractivity contribution in [3.05, 3.63) is 63.2 Å². The number of carbonyl (C=O) groups is 1. The summed E-state index contributed by atoms with van der Waals surface area (Å²) in [6.45, 7) is -0.466. The van der Waals surface area contributed by atoms with Gasteiger partial charge in [0.05, 0.1) is 9.95 Å². The number of hydrogen-bond acceptors (Lipinski definition) is 4. The Balaban J connectivity index is 1.95. The summed E-state index contributed by atoms with van der Waals surface area (Å²) in [5.74, 6) is -2.33. The Labute approximate surface area is 133 Å². The predicted octanol–water partition coefficient (Wildman–Crippen LogP) is 3.54. The lowest BCUT2D eigenvalue weighted by molar-refractivity contribution is -0.387. The van der Waals surface area contributed by atoms with E-state index in [1.165, 1.54) is 18.2 Å². The molecule has 0 atom stereocenters. The normalized spacial score (nSPS) is 10.2. The van der Waals surface area contributed by atoms with E-state index in [1.807, 2.05) is 0 Å². The second-order valence-electron chi connectivity index (χ2n) is 4.34. The van der Waals surface area contributed by atoms with Crippen LogP contribution in [0.3, 0.4) is 0 Å². The maximum Gasteiger partial charge on any atom is 0.305 e. The molecular formula is C14H9ClF2N2O4. The van der Waals surface area contributed by atoms with Crippen LogP contribution in [-0.4, -0.2) is 17.4 Å². The topological polar surface area (TPSA) is 81.5 Å². The number of hydrogen-bond donors (Lipinski definition) is 1. The lowest BCUT2D eigenvalue weighted by Crippen LogP contribution is -2.20. The first-order valence-electron chi connectivity index (χ1n) is 6.18. The van der Waals surface area contributed by atoms with E-state index in [9.17, 15) is 23.7 Å².